The Morgan fingerprint density at radius 2 is 1.79 bits per heavy atom. The van der Waals surface area contributed by atoms with Crippen LogP contribution in [0.25, 0.3) is 0 Å². The summed E-state index contributed by atoms with van der Waals surface area (Å²) in [5.74, 6) is 1.85. The number of unbranched alkanes of at least 4 members (excludes halogenated alkanes) is 2. The minimum atomic E-state index is -0.665. The van der Waals surface area contributed by atoms with Crippen LogP contribution in [0.4, 0.5) is 0 Å². The molecule has 0 amide bonds. The molecule has 33 heavy (non-hydrogen) atoms. The molecule has 1 aromatic carbocycles. The number of ether oxygens (including phenoxy) is 1. The number of aliphatic hydroxyl groups excluding tert-OH is 2. The third-order valence-corrected chi connectivity index (χ3v) is 7.41. The lowest BCUT2D eigenvalue weighted by Gasteiger charge is -2.30. The maximum atomic E-state index is 10.6. The quantitative estimate of drug-likeness (QED) is 0.300. The highest BCUT2D eigenvalue weighted by Crippen LogP contribution is 2.48. The molecule has 0 radical (unpaired) electrons. The summed E-state index contributed by atoms with van der Waals surface area (Å²) >= 11 is 0. The second-order valence-electron chi connectivity index (χ2n) is 10.5. The van der Waals surface area contributed by atoms with Crippen LogP contribution in [-0.2, 0) is 0 Å². The number of fused-ring (bicyclic) bond motifs is 1. The SMILES string of the molecule is CC(C)N(CCCCCC1=C[C@H]2C[C@@H](O)[C@H](/C=C/[C@@H](O)COc3ccccc3)[C@H]2C1)C(C)C. The predicted molar refractivity (Wildman–Crippen MR) is 136 cm³/mol. The van der Waals surface area contributed by atoms with E-state index in [1.807, 2.05) is 42.5 Å². The van der Waals surface area contributed by atoms with Crippen LogP contribution in [0.2, 0.25) is 0 Å². The maximum absolute atomic E-state index is 10.6. The predicted octanol–water partition coefficient (Wildman–Crippen LogP) is 5.61. The Kier molecular flexibility index (Phi) is 10.0. The van der Waals surface area contributed by atoms with Crippen molar-refractivity contribution in [2.75, 3.05) is 13.2 Å². The van der Waals surface area contributed by atoms with Gasteiger partial charge in [0.25, 0.3) is 0 Å². The van der Waals surface area contributed by atoms with Crippen LogP contribution < -0.4 is 4.74 Å². The van der Waals surface area contributed by atoms with Gasteiger partial charge in [-0.15, -0.1) is 0 Å². The second kappa shape index (κ2) is 12.7. The fourth-order valence-electron chi connectivity index (χ4n) is 5.74. The summed E-state index contributed by atoms with van der Waals surface area (Å²) in [7, 11) is 0. The normalized spacial score (nSPS) is 25.9. The smallest absolute Gasteiger partial charge is 0.119 e. The largest absolute Gasteiger partial charge is 0.491 e. The Morgan fingerprint density at radius 1 is 1.06 bits per heavy atom. The molecule has 4 heteroatoms. The van der Waals surface area contributed by atoms with Gasteiger partial charge < -0.3 is 14.9 Å². The minimum absolute atomic E-state index is 0.126. The van der Waals surface area contributed by atoms with Crippen molar-refractivity contribution in [2.24, 2.45) is 17.8 Å². The van der Waals surface area contributed by atoms with E-state index in [0.29, 0.717) is 23.9 Å². The highest BCUT2D eigenvalue weighted by molar-refractivity contribution is 5.22. The number of aliphatic hydroxyl groups is 2. The molecule has 0 heterocycles. The summed E-state index contributed by atoms with van der Waals surface area (Å²) < 4.78 is 5.64. The topological polar surface area (TPSA) is 52.9 Å². The Morgan fingerprint density at radius 3 is 2.48 bits per heavy atom. The van der Waals surface area contributed by atoms with Crippen molar-refractivity contribution in [3.63, 3.8) is 0 Å². The van der Waals surface area contributed by atoms with E-state index in [0.717, 1.165) is 18.6 Å². The highest BCUT2D eigenvalue weighted by atomic mass is 16.5. The van der Waals surface area contributed by atoms with Crippen LogP contribution in [0.15, 0.2) is 54.1 Å². The summed E-state index contributed by atoms with van der Waals surface area (Å²) in [5.41, 5.74) is 1.58. The maximum Gasteiger partial charge on any atom is 0.119 e. The number of rotatable bonds is 13. The summed E-state index contributed by atoms with van der Waals surface area (Å²) in [5, 5.41) is 20.9. The first-order chi connectivity index (χ1) is 15.8. The molecule has 0 aromatic heterocycles. The number of hydrogen-bond acceptors (Lipinski definition) is 4. The number of benzene rings is 1. The second-order valence-corrected chi connectivity index (χ2v) is 10.5. The summed E-state index contributed by atoms with van der Waals surface area (Å²) in [6.45, 7) is 10.6. The third-order valence-electron chi connectivity index (χ3n) is 7.41. The minimum Gasteiger partial charge on any atom is -0.491 e. The van der Waals surface area contributed by atoms with Gasteiger partial charge in [-0.1, -0.05) is 48.4 Å². The Hall–Kier alpha value is -1.62. The fourth-order valence-corrected chi connectivity index (χ4v) is 5.74. The molecule has 4 nitrogen and oxygen atoms in total. The van der Waals surface area contributed by atoms with E-state index in [9.17, 15) is 10.2 Å². The molecule has 0 saturated heterocycles. The van der Waals surface area contributed by atoms with Crippen LogP contribution in [0.3, 0.4) is 0 Å². The number of para-hydroxylation sites is 1. The molecule has 1 fully saturated rings. The Bertz CT molecular complexity index is 749. The van der Waals surface area contributed by atoms with Crippen molar-refractivity contribution >= 4 is 0 Å². The molecule has 0 aliphatic heterocycles. The van der Waals surface area contributed by atoms with Gasteiger partial charge in [-0.2, -0.15) is 0 Å². The molecule has 2 aliphatic rings. The van der Waals surface area contributed by atoms with Gasteiger partial charge in [-0.3, -0.25) is 4.90 Å². The van der Waals surface area contributed by atoms with E-state index in [1.165, 1.54) is 32.2 Å². The van der Waals surface area contributed by atoms with Crippen LogP contribution >= 0.6 is 0 Å². The van der Waals surface area contributed by atoms with Crippen molar-refractivity contribution < 1.29 is 14.9 Å². The lowest BCUT2D eigenvalue weighted by atomic mass is 9.88. The molecule has 3 rings (SSSR count). The molecule has 2 aliphatic carbocycles. The molecular weight excluding hydrogens is 410 g/mol. The van der Waals surface area contributed by atoms with Gasteiger partial charge in [-0.25, -0.2) is 0 Å². The monoisotopic (exact) mass is 455 g/mol. The zero-order valence-electron chi connectivity index (χ0n) is 21.1. The van der Waals surface area contributed by atoms with E-state index in [1.54, 1.807) is 5.57 Å². The van der Waals surface area contributed by atoms with Gasteiger partial charge in [-0.05, 0) is 90.3 Å². The molecule has 2 N–H and O–H groups in total. The fraction of sp³-hybridized carbons (Fsp3) is 0.655. The average molecular weight is 456 g/mol. The van der Waals surface area contributed by atoms with E-state index >= 15 is 0 Å². The van der Waals surface area contributed by atoms with Crippen molar-refractivity contribution in [1.29, 1.82) is 0 Å². The zero-order valence-corrected chi connectivity index (χ0v) is 21.1. The average Bonchev–Trinajstić information content (AvgIpc) is 3.29. The molecular formula is C29H45NO3. The van der Waals surface area contributed by atoms with Gasteiger partial charge in [0.05, 0.1) is 6.10 Å². The van der Waals surface area contributed by atoms with Crippen LogP contribution in [-0.4, -0.2) is 52.6 Å². The van der Waals surface area contributed by atoms with E-state index < -0.39 is 6.10 Å². The van der Waals surface area contributed by atoms with Crippen LogP contribution in [0.5, 0.6) is 5.75 Å². The summed E-state index contributed by atoms with van der Waals surface area (Å²) in [6, 6.07) is 10.8. The molecule has 5 atom stereocenters. The van der Waals surface area contributed by atoms with Crippen LogP contribution in [0, 0.1) is 17.8 Å². The molecule has 0 bridgehead atoms. The Labute approximate surface area is 201 Å². The molecule has 0 spiro atoms. The Balaban J connectivity index is 1.39. The zero-order chi connectivity index (χ0) is 23.8. The van der Waals surface area contributed by atoms with Crippen molar-refractivity contribution in [1.82, 2.24) is 4.90 Å². The van der Waals surface area contributed by atoms with E-state index in [4.69, 9.17) is 4.74 Å². The van der Waals surface area contributed by atoms with Crippen molar-refractivity contribution in [3.05, 3.63) is 54.1 Å². The highest BCUT2D eigenvalue weighted by Gasteiger charge is 2.43. The summed E-state index contributed by atoms with van der Waals surface area (Å²) in [4.78, 5) is 2.58. The van der Waals surface area contributed by atoms with Crippen LogP contribution in [0.1, 0.15) is 66.2 Å². The van der Waals surface area contributed by atoms with E-state index in [-0.39, 0.29) is 18.6 Å². The first-order valence-corrected chi connectivity index (χ1v) is 13.0. The van der Waals surface area contributed by atoms with Crippen molar-refractivity contribution in [2.45, 2.75) is 90.5 Å². The van der Waals surface area contributed by atoms with Gasteiger partial charge >= 0.3 is 0 Å². The standard InChI is InChI=1S/C29H45NO3/c1-21(2)30(22(3)4)16-10-6-7-11-23-17-24-19-29(32)27(28(24)18-23)15-14-25(31)20-33-26-12-8-5-9-13-26/h5,8-9,12-15,17,21-22,24-25,27-29,31-32H,6-7,10-11,16,18-20H2,1-4H3/b15-14+/t24-,25+,27+,28-,29+/m0/s1. The summed E-state index contributed by atoms with van der Waals surface area (Å²) in [6.07, 6.45) is 12.3. The van der Waals surface area contributed by atoms with Gasteiger partial charge in [0.1, 0.15) is 18.5 Å². The van der Waals surface area contributed by atoms with Gasteiger partial charge in [0, 0.05) is 18.0 Å². The first kappa shape index (κ1) is 26.0. The molecule has 184 valence electrons. The molecule has 0 unspecified atom stereocenters. The lowest BCUT2D eigenvalue weighted by molar-refractivity contribution is 0.133. The number of nitrogens with zero attached hydrogens (tertiary/aromatic N) is 1. The third kappa shape index (κ3) is 7.70. The lowest BCUT2D eigenvalue weighted by Crippen LogP contribution is -2.37. The van der Waals surface area contributed by atoms with Crippen molar-refractivity contribution in [3.8, 4) is 5.75 Å². The van der Waals surface area contributed by atoms with Gasteiger partial charge in [0.2, 0.25) is 0 Å². The molecule has 1 aromatic rings. The van der Waals surface area contributed by atoms with E-state index in [2.05, 4.69) is 38.7 Å². The first-order valence-electron chi connectivity index (χ1n) is 13.0. The molecule has 1 saturated carbocycles. The number of hydrogen-bond donors (Lipinski definition) is 2. The van der Waals surface area contributed by atoms with Gasteiger partial charge in [0.15, 0.2) is 0 Å². The number of allylic oxidation sites excluding steroid dienone is 2.